The average Bonchev–Trinajstić information content (AvgIpc) is 2.38. The molecule has 2 aromatic rings. The highest BCUT2D eigenvalue weighted by Crippen LogP contribution is 2.37. The summed E-state index contributed by atoms with van der Waals surface area (Å²) in [5.74, 6) is -1.21. The molecule has 1 amide bonds. The smallest absolute Gasteiger partial charge is 0.417 e. The van der Waals surface area contributed by atoms with E-state index in [1.54, 1.807) is 0 Å². The highest BCUT2D eigenvalue weighted by molar-refractivity contribution is 6.31. The maximum absolute atomic E-state index is 12.8. The standard InChI is InChI=1S/C14H9ClF3NO2/c15-11-3-1-8(6-10(11)14(16,17)18)7-2-4-12(20)9(5-7)13(19)21/h1-6,20H,(H2,19,21). The molecule has 2 rings (SSSR count). The van der Waals surface area contributed by atoms with Crippen molar-refractivity contribution in [3.8, 4) is 16.9 Å². The third kappa shape index (κ3) is 3.11. The van der Waals surface area contributed by atoms with Crippen LogP contribution in [0.2, 0.25) is 5.02 Å². The van der Waals surface area contributed by atoms with E-state index >= 15 is 0 Å². The Hall–Kier alpha value is -2.21. The van der Waals surface area contributed by atoms with Gasteiger partial charge in [0.15, 0.2) is 0 Å². The Labute approximate surface area is 122 Å². The summed E-state index contributed by atoms with van der Waals surface area (Å²) in [4.78, 5) is 11.1. The van der Waals surface area contributed by atoms with E-state index in [0.29, 0.717) is 5.56 Å². The Balaban J connectivity index is 2.58. The molecule has 7 heteroatoms. The number of hydrogen-bond donors (Lipinski definition) is 2. The maximum atomic E-state index is 12.8. The zero-order valence-electron chi connectivity index (χ0n) is 10.4. The molecule has 0 bridgehead atoms. The Bertz CT molecular complexity index is 714. The van der Waals surface area contributed by atoms with Crippen molar-refractivity contribution in [1.82, 2.24) is 0 Å². The van der Waals surface area contributed by atoms with Gasteiger partial charge in [0.2, 0.25) is 0 Å². The van der Waals surface area contributed by atoms with Crippen LogP contribution < -0.4 is 5.73 Å². The second kappa shape index (κ2) is 5.29. The lowest BCUT2D eigenvalue weighted by atomic mass is 10.00. The molecule has 3 N–H and O–H groups in total. The fourth-order valence-electron chi connectivity index (χ4n) is 1.84. The second-order valence-electron chi connectivity index (χ2n) is 4.29. The topological polar surface area (TPSA) is 63.3 Å². The van der Waals surface area contributed by atoms with Crippen molar-refractivity contribution < 1.29 is 23.1 Å². The summed E-state index contributed by atoms with van der Waals surface area (Å²) in [5, 5.41) is 9.06. The van der Waals surface area contributed by atoms with E-state index in [1.807, 2.05) is 0 Å². The van der Waals surface area contributed by atoms with Gasteiger partial charge in [-0.1, -0.05) is 23.7 Å². The third-order valence-corrected chi connectivity index (χ3v) is 3.20. The Morgan fingerprint density at radius 1 is 1.10 bits per heavy atom. The van der Waals surface area contributed by atoms with E-state index in [2.05, 4.69) is 0 Å². The molecule has 0 aliphatic rings. The van der Waals surface area contributed by atoms with Crippen LogP contribution >= 0.6 is 11.6 Å². The van der Waals surface area contributed by atoms with Crippen molar-refractivity contribution in [1.29, 1.82) is 0 Å². The molecule has 0 saturated heterocycles. The second-order valence-corrected chi connectivity index (χ2v) is 4.70. The van der Waals surface area contributed by atoms with Gasteiger partial charge in [0.1, 0.15) is 5.75 Å². The van der Waals surface area contributed by atoms with Crippen LogP contribution in [-0.4, -0.2) is 11.0 Å². The first-order chi connectivity index (χ1) is 9.70. The molecule has 0 heterocycles. The molecule has 0 saturated carbocycles. The van der Waals surface area contributed by atoms with Crippen molar-refractivity contribution in [3.63, 3.8) is 0 Å². The van der Waals surface area contributed by atoms with Crippen molar-refractivity contribution in [3.05, 3.63) is 52.5 Å². The van der Waals surface area contributed by atoms with Crippen molar-refractivity contribution in [2.24, 2.45) is 5.73 Å². The normalized spacial score (nSPS) is 11.4. The minimum atomic E-state index is -4.59. The number of alkyl halides is 3. The summed E-state index contributed by atoms with van der Waals surface area (Å²) in [6.07, 6.45) is -4.59. The van der Waals surface area contributed by atoms with Gasteiger partial charge in [-0.15, -0.1) is 0 Å². The number of halogens is 4. The predicted molar refractivity (Wildman–Crippen MR) is 72.1 cm³/mol. The van der Waals surface area contributed by atoms with Gasteiger partial charge < -0.3 is 10.8 Å². The average molecular weight is 316 g/mol. The summed E-state index contributed by atoms with van der Waals surface area (Å²) < 4.78 is 38.5. The molecule has 0 fully saturated rings. The summed E-state index contributed by atoms with van der Waals surface area (Å²) >= 11 is 5.54. The molecule has 2 aromatic carbocycles. The van der Waals surface area contributed by atoms with E-state index in [4.69, 9.17) is 17.3 Å². The lowest BCUT2D eigenvalue weighted by Gasteiger charge is -2.12. The molecule has 0 atom stereocenters. The Kier molecular flexibility index (Phi) is 3.82. The zero-order valence-corrected chi connectivity index (χ0v) is 11.2. The number of rotatable bonds is 2. The number of benzene rings is 2. The van der Waals surface area contributed by atoms with Crippen LogP contribution in [0.1, 0.15) is 15.9 Å². The monoisotopic (exact) mass is 315 g/mol. The number of phenols is 1. The minimum absolute atomic E-state index is 0.170. The van der Waals surface area contributed by atoms with Crippen molar-refractivity contribution in [2.75, 3.05) is 0 Å². The molecule has 21 heavy (non-hydrogen) atoms. The molecule has 0 spiro atoms. The molecule has 0 aromatic heterocycles. The van der Waals surface area contributed by atoms with Crippen LogP contribution in [0, 0.1) is 0 Å². The summed E-state index contributed by atoms with van der Waals surface area (Å²) in [7, 11) is 0. The van der Waals surface area contributed by atoms with Crippen LogP contribution in [0.5, 0.6) is 5.75 Å². The number of carbonyl (C=O) groups excluding carboxylic acids is 1. The highest BCUT2D eigenvalue weighted by atomic mass is 35.5. The summed E-state index contributed by atoms with van der Waals surface area (Å²) in [5.41, 5.74) is 4.45. The lowest BCUT2D eigenvalue weighted by Crippen LogP contribution is -2.11. The van der Waals surface area contributed by atoms with E-state index in [-0.39, 0.29) is 16.9 Å². The largest absolute Gasteiger partial charge is 0.507 e. The van der Waals surface area contributed by atoms with Gasteiger partial charge >= 0.3 is 6.18 Å². The number of hydrogen-bond acceptors (Lipinski definition) is 2. The van der Waals surface area contributed by atoms with Gasteiger partial charge in [0.05, 0.1) is 16.1 Å². The van der Waals surface area contributed by atoms with E-state index in [1.165, 1.54) is 24.3 Å². The number of nitrogens with two attached hydrogens (primary N) is 1. The van der Waals surface area contributed by atoms with Gasteiger partial charge in [-0.3, -0.25) is 4.79 Å². The molecule has 3 nitrogen and oxygen atoms in total. The minimum Gasteiger partial charge on any atom is -0.507 e. The first-order valence-corrected chi connectivity index (χ1v) is 6.08. The van der Waals surface area contributed by atoms with E-state index < -0.39 is 22.7 Å². The molecule has 0 radical (unpaired) electrons. The van der Waals surface area contributed by atoms with Gasteiger partial charge in [-0.25, -0.2) is 0 Å². The SMILES string of the molecule is NC(=O)c1cc(-c2ccc(Cl)c(C(F)(F)F)c2)ccc1O. The Morgan fingerprint density at radius 3 is 2.24 bits per heavy atom. The fraction of sp³-hybridized carbons (Fsp3) is 0.0714. The first kappa shape index (κ1) is 15.2. The zero-order chi connectivity index (χ0) is 15.8. The van der Waals surface area contributed by atoms with Crippen LogP contribution in [0.15, 0.2) is 36.4 Å². The number of primary amides is 1. The molecule has 0 aliphatic carbocycles. The number of carbonyl (C=O) groups is 1. The Morgan fingerprint density at radius 2 is 1.67 bits per heavy atom. The van der Waals surface area contributed by atoms with Crippen LogP contribution in [0.3, 0.4) is 0 Å². The molecular formula is C14H9ClF3NO2. The van der Waals surface area contributed by atoms with Gasteiger partial charge in [-0.2, -0.15) is 13.2 Å². The van der Waals surface area contributed by atoms with E-state index in [9.17, 15) is 23.1 Å². The van der Waals surface area contributed by atoms with Crippen LogP contribution in [0.4, 0.5) is 13.2 Å². The quantitative estimate of drug-likeness (QED) is 0.884. The third-order valence-electron chi connectivity index (χ3n) is 2.87. The van der Waals surface area contributed by atoms with Crippen molar-refractivity contribution >= 4 is 17.5 Å². The van der Waals surface area contributed by atoms with E-state index in [0.717, 1.165) is 12.1 Å². The van der Waals surface area contributed by atoms with Gasteiger partial charge in [-0.05, 0) is 35.4 Å². The fourth-order valence-corrected chi connectivity index (χ4v) is 2.06. The molecule has 110 valence electrons. The first-order valence-electron chi connectivity index (χ1n) is 5.70. The van der Waals surface area contributed by atoms with Crippen molar-refractivity contribution in [2.45, 2.75) is 6.18 Å². The predicted octanol–water partition coefficient (Wildman–Crippen LogP) is 3.83. The lowest BCUT2D eigenvalue weighted by molar-refractivity contribution is -0.137. The van der Waals surface area contributed by atoms with Gasteiger partial charge in [0.25, 0.3) is 5.91 Å². The molecule has 0 aliphatic heterocycles. The van der Waals surface area contributed by atoms with Gasteiger partial charge in [0, 0.05) is 0 Å². The molecule has 0 unspecified atom stereocenters. The highest BCUT2D eigenvalue weighted by Gasteiger charge is 2.33. The number of amides is 1. The number of aromatic hydroxyl groups is 1. The molecular weight excluding hydrogens is 307 g/mol. The summed E-state index contributed by atoms with van der Waals surface area (Å²) in [6, 6.07) is 7.17. The van der Waals surface area contributed by atoms with Crippen LogP contribution in [-0.2, 0) is 6.18 Å². The van der Waals surface area contributed by atoms with Crippen LogP contribution in [0.25, 0.3) is 11.1 Å². The summed E-state index contributed by atoms with van der Waals surface area (Å²) in [6.45, 7) is 0. The maximum Gasteiger partial charge on any atom is 0.417 e.